The second-order valence-electron chi connectivity index (χ2n) is 5.30. The molecular formula is C16H21NOS. The molecule has 102 valence electrons. The first kappa shape index (κ1) is 14.2. The van der Waals surface area contributed by atoms with Crippen molar-refractivity contribution in [3.8, 4) is 0 Å². The summed E-state index contributed by atoms with van der Waals surface area (Å²) in [6.45, 7) is 8.34. The molecule has 0 aliphatic heterocycles. The molecule has 1 aromatic carbocycles. The number of hydrogen-bond donors (Lipinski definition) is 1. The molecule has 0 saturated carbocycles. The van der Waals surface area contributed by atoms with E-state index in [-0.39, 0.29) is 6.10 Å². The highest BCUT2D eigenvalue weighted by molar-refractivity contribution is 7.09. The minimum atomic E-state index is -0.360. The maximum atomic E-state index is 10.2. The quantitative estimate of drug-likeness (QED) is 0.926. The zero-order chi connectivity index (χ0) is 14.0. The van der Waals surface area contributed by atoms with Crippen molar-refractivity contribution in [2.75, 3.05) is 0 Å². The fourth-order valence-electron chi connectivity index (χ4n) is 2.58. The van der Waals surface area contributed by atoms with Crippen LogP contribution in [0.4, 0.5) is 0 Å². The largest absolute Gasteiger partial charge is 0.392 e. The SMILES string of the molecule is Cc1cc(C)c(CC(O)Cc2csc(C)n2)c(C)c1. The van der Waals surface area contributed by atoms with E-state index in [4.69, 9.17) is 0 Å². The number of aliphatic hydroxyl groups excluding tert-OH is 1. The first-order valence-electron chi connectivity index (χ1n) is 6.61. The molecule has 1 unspecified atom stereocenters. The molecule has 0 saturated heterocycles. The van der Waals surface area contributed by atoms with Gasteiger partial charge in [0.1, 0.15) is 0 Å². The third-order valence-electron chi connectivity index (χ3n) is 3.39. The molecule has 0 amide bonds. The van der Waals surface area contributed by atoms with Gasteiger partial charge in [0, 0.05) is 11.8 Å². The summed E-state index contributed by atoms with van der Waals surface area (Å²) in [7, 11) is 0. The van der Waals surface area contributed by atoms with E-state index < -0.39 is 0 Å². The molecule has 2 aromatic rings. The zero-order valence-electron chi connectivity index (χ0n) is 12.0. The van der Waals surface area contributed by atoms with Crippen LogP contribution in [0.5, 0.6) is 0 Å². The van der Waals surface area contributed by atoms with Gasteiger partial charge in [-0.25, -0.2) is 4.98 Å². The van der Waals surface area contributed by atoms with E-state index in [1.165, 1.54) is 22.3 Å². The molecule has 0 aliphatic carbocycles. The van der Waals surface area contributed by atoms with Crippen LogP contribution in [0.15, 0.2) is 17.5 Å². The van der Waals surface area contributed by atoms with Crippen LogP contribution in [0.1, 0.15) is 33.0 Å². The lowest BCUT2D eigenvalue weighted by Gasteiger charge is -2.15. The van der Waals surface area contributed by atoms with Gasteiger partial charge in [0.2, 0.25) is 0 Å². The Morgan fingerprint density at radius 2 is 1.74 bits per heavy atom. The van der Waals surface area contributed by atoms with E-state index in [1.54, 1.807) is 11.3 Å². The van der Waals surface area contributed by atoms with E-state index in [0.29, 0.717) is 12.8 Å². The molecule has 1 heterocycles. The van der Waals surface area contributed by atoms with Gasteiger partial charge >= 0.3 is 0 Å². The van der Waals surface area contributed by atoms with Crippen LogP contribution >= 0.6 is 11.3 Å². The zero-order valence-corrected chi connectivity index (χ0v) is 12.8. The third kappa shape index (κ3) is 3.64. The highest BCUT2D eigenvalue weighted by Gasteiger charge is 2.12. The minimum Gasteiger partial charge on any atom is -0.392 e. The number of aliphatic hydroxyl groups is 1. The van der Waals surface area contributed by atoms with Gasteiger partial charge in [0.15, 0.2) is 0 Å². The minimum absolute atomic E-state index is 0.360. The van der Waals surface area contributed by atoms with Crippen LogP contribution in [-0.2, 0) is 12.8 Å². The van der Waals surface area contributed by atoms with Crippen molar-refractivity contribution < 1.29 is 5.11 Å². The second kappa shape index (κ2) is 5.85. The number of hydrogen-bond acceptors (Lipinski definition) is 3. The van der Waals surface area contributed by atoms with Gasteiger partial charge in [0.25, 0.3) is 0 Å². The lowest BCUT2D eigenvalue weighted by Crippen LogP contribution is -2.16. The molecule has 1 aromatic heterocycles. The molecule has 0 aliphatic rings. The topological polar surface area (TPSA) is 33.1 Å². The number of rotatable bonds is 4. The smallest absolute Gasteiger partial charge is 0.0897 e. The van der Waals surface area contributed by atoms with Crippen molar-refractivity contribution in [1.29, 1.82) is 0 Å². The Bertz CT molecular complexity index is 551. The predicted octanol–water partition coefficient (Wildman–Crippen LogP) is 3.52. The van der Waals surface area contributed by atoms with E-state index >= 15 is 0 Å². The molecule has 0 radical (unpaired) electrons. The summed E-state index contributed by atoms with van der Waals surface area (Å²) in [5, 5.41) is 13.3. The van der Waals surface area contributed by atoms with Gasteiger partial charge in [-0.15, -0.1) is 11.3 Å². The van der Waals surface area contributed by atoms with Crippen molar-refractivity contribution in [3.63, 3.8) is 0 Å². The van der Waals surface area contributed by atoms with E-state index in [1.807, 2.05) is 12.3 Å². The van der Waals surface area contributed by atoms with Gasteiger partial charge in [-0.05, 0) is 50.8 Å². The van der Waals surface area contributed by atoms with Crippen LogP contribution in [0.3, 0.4) is 0 Å². The summed E-state index contributed by atoms with van der Waals surface area (Å²) in [4.78, 5) is 4.41. The van der Waals surface area contributed by atoms with Gasteiger partial charge in [-0.2, -0.15) is 0 Å². The molecule has 1 N–H and O–H groups in total. The standard InChI is InChI=1S/C16H21NOS/c1-10-5-11(2)16(12(3)6-10)8-15(18)7-14-9-19-13(4)17-14/h5-6,9,15,18H,7-8H2,1-4H3. The Kier molecular flexibility index (Phi) is 4.38. The fraction of sp³-hybridized carbons (Fsp3) is 0.438. The van der Waals surface area contributed by atoms with Crippen LogP contribution in [-0.4, -0.2) is 16.2 Å². The van der Waals surface area contributed by atoms with E-state index in [0.717, 1.165) is 10.7 Å². The Morgan fingerprint density at radius 1 is 1.11 bits per heavy atom. The Hall–Kier alpha value is -1.19. The summed E-state index contributed by atoms with van der Waals surface area (Å²) in [5.41, 5.74) is 6.09. The van der Waals surface area contributed by atoms with Gasteiger partial charge < -0.3 is 5.11 Å². The van der Waals surface area contributed by atoms with Crippen LogP contribution < -0.4 is 0 Å². The lowest BCUT2D eigenvalue weighted by molar-refractivity contribution is 0.174. The van der Waals surface area contributed by atoms with Crippen molar-refractivity contribution in [2.45, 2.75) is 46.6 Å². The molecule has 19 heavy (non-hydrogen) atoms. The molecule has 0 bridgehead atoms. The number of nitrogens with zero attached hydrogens (tertiary/aromatic N) is 1. The fourth-order valence-corrected chi connectivity index (χ4v) is 3.21. The van der Waals surface area contributed by atoms with Crippen molar-refractivity contribution in [2.24, 2.45) is 0 Å². The van der Waals surface area contributed by atoms with Gasteiger partial charge in [-0.1, -0.05) is 17.7 Å². The maximum Gasteiger partial charge on any atom is 0.0897 e. The monoisotopic (exact) mass is 275 g/mol. The molecule has 1 atom stereocenters. The number of benzene rings is 1. The summed E-state index contributed by atoms with van der Waals surface area (Å²) in [6.07, 6.45) is 0.979. The predicted molar refractivity (Wildman–Crippen MR) is 80.9 cm³/mol. The van der Waals surface area contributed by atoms with Crippen LogP contribution in [0.2, 0.25) is 0 Å². The van der Waals surface area contributed by atoms with Crippen molar-refractivity contribution >= 4 is 11.3 Å². The summed E-state index contributed by atoms with van der Waals surface area (Å²) >= 11 is 1.64. The molecule has 0 spiro atoms. The second-order valence-corrected chi connectivity index (χ2v) is 6.36. The van der Waals surface area contributed by atoms with Crippen molar-refractivity contribution in [3.05, 3.63) is 50.5 Å². The molecule has 0 fully saturated rings. The van der Waals surface area contributed by atoms with Gasteiger partial charge in [0.05, 0.1) is 16.8 Å². The Labute approximate surface area is 119 Å². The average molecular weight is 275 g/mol. The third-order valence-corrected chi connectivity index (χ3v) is 4.21. The summed E-state index contributed by atoms with van der Waals surface area (Å²) in [5.74, 6) is 0. The van der Waals surface area contributed by atoms with E-state index in [2.05, 4.69) is 37.9 Å². The highest BCUT2D eigenvalue weighted by atomic mass is 32.1. The maximum absolute atomic E-state index is 10.2. The average Bonchev–Trinajstić information content (AvgIpc) is 2.69. The normalized spacial score (nSPS) is 12.7. The molecule has 2 nitrogen and oxygen atoms in total. The molecule has 3 heteroatoms. The van der Waals surface area contributed by atoms with Crippen molar-refractivity contribution in [1.82, 2.24) is 4.98 Å². The Balaban J connectivity index is 2.08. The first-order chi connectivity index (χ1) is 8.95. The number of aryl methyl sites for hydroxylation is 4. The first-order valence-corrected chi connectivity index (χ1v) is 7.49. The molecular weight excluding hydrogens is 254 g/mol. The lowest BCUT2D eigenvalue weighted by atomic mass is 9.94. The highest BCUT2D eigenvalue weighted by Crippen LogP contribution is 2.19. The van der Waals surface area contributed by atoms with Gasteiger partial charge in [-0.3, -0.25) is 0 Å². The number of aromatic nitrogens is 1. The Morgan fingerprint density at radius 3 is 2.26 bits per heavy atom. The summed E-state index contributed by atoms with van der Waals surface area (Å²) in [6, 6.07) is 4.37. The number of thiazole rings is 1. The molecule has 2 rings (SSSR count). The van der Waals surface area contributed by atoms with E-state index in [9.17, 15) is 5.11 Å². The summed E-state index contributed by atoms with van der Waals surface area (Å²) < 4.78 is 0. The van der Waals surface area contributed by atoms with Crippen LogP contribution in [0, 0.1) is 27.7 Å². The van der Waals surface area contributed by atoms with Crippen LogP contribution in [0.25, 0.3) is 0 Å².